The van der Waals surface area contributed by atoms with Crippen LogP contribution in [-0.4, -0.2) is 15.4 Å². The average molecular weight is 273 g/mol. The Labute approximate surface area is 119 Å². The second-order valence-corrected chi connectivity index (χ2v) is 5.43. The summed E-state index contributed by atoms with van der Waals surface area (Å²) >= 11 is 0. The Morgan fingerprint density at radius 3 is 2.75 bits per heavy atom. The molecule has 2 aromatic heterocycles. The third-order valence-corrected chi connectivity index (χ3v) is 3.27. The van der Waals surface area contributed by atoms with Gasteiger partial charge in [0.2, 0.25) is 0 Å². The highest BCUT2D eigenvalue weighted by Crippen LogP contribution is 2.15. The molecule has 2 aromatic rings. The Morgan fingerprint density at radius 1 is 1.35 bits per heavy atom. The molecule has 5 nitrogen and oxygen atoms in total. The Hall–Kier alpha value is -2.01. The van der Waals surface area contributed by atoms with E-state index in [2.05, 4.69) is 40.8 Å². The monoisotopic (exact) mass is 273 g/mol. The maximum Gasteiger partial charge on any atom is 0.137 e. The van der Waals surface area contributed by atoms with Crippen LogP contribution in [0.3, 0.4) is 0 Å². The van der Waals surface area contributed by atoms with Gasteiger partial charge in [0.15, 0.2) is 0 Å². The minimum Gasteiger partial charge on any atom is -0.400 e. The molecule has 5 heteroatoms. The van der Waals surface area contributed by atoms with Crippen molar-refractivity contribution in [2.75, 3.05) is 0 Å². The molecule has 0 aliphatic heterocycles. The SMILES string of the molecule is CC(N)/C(N)=C/NCc1cn2cc(C(C)C)ccc2n1. The second-order valence-electron chi connectivity index (χ2n) is 5.43. The summed E-state index contributed by atoms with van der Waals surface area (Å²) in [6.45, 7) is 6.85. The summed E-state index contributed by atoms with van der Waals surface area (Å²) < 4.78 is 2.06. The molecule has 0 spiro atoms. The number of nitrogens with zero attached hydrogens (tertiary/aromatic N) is 2. The fourth-order valence-electron chi connectivity index (χ4n) is 1.89. The summed E-state index contributed by atoms with van der Waals surface area (Å²) in [5, 5.41) is 3.14. The van der Waals surface area contributed by atoms with Gasteiger partial charge in [0.25, 0.3) is 0 Å². The van der Waals surface area contributed by atoms with Crippen molar-refractivity contribution in [2.24, 2.45) is 11.5 Å². The van der Waals surface area contributed by atoms with Gasteiger partial charge in [-0.05, 0) is 24.5 Å². The Kier molecular flexibility index (Phi) is 4.29. The van der Waals surface area contributed by atoms with Crippen LogP contribution in [0.1, 0.15) is 37.9 Å². The van der Waals surface area contributed by atoms with Gasteiger partial charge in [-0.25, -0.2) is 4.98 Å². The number of hydrogen-bond acceptors (Lipinski definition) is 4. The lowest BCUT2D eigenvalue weighted by Gasteiger charge is -2.05. The van der Waals surface area contributed by atoms with E-state index >= 15 is 0 Å². The van der Waals surface area contributed by atoms with Crippen LogP contribution < -0.4 is 16.8 Å². The summed E-state index contributed by atoms with van der Waals surface area (Å²) in [4.78, 5) is 4.55. The first-order chi connectivity index (χ1) is 9.47. The van der Waals surface area contributed by atoms with Crippen LogP contribution in [0.25, 0.3) is 5.65 Å². The van der Waals surface area contributed by atoms with E-state index in [1.165, 1.54) is 5.56 Å². The second kappa shape index (κ2) is 5.96. The normalized spacial score (nSPS) is 13.9. The molecular weight excluding hydrogens is 250 g/mol. The summed E-state index contributed by atoms with van der Waals surface area (Å²) in [6, 6.07) is 4.03. The van der Waals surface area contributed by atoms with Gasteiger partial charge in [-0.15, -0.1) is 0 Å². The Balaban J connectivity index is 2.10. The van der Waals surface area contributed by atoms with Gasteiger partial charge in [0, 0.05) is 30.3 Å². The maximum absolute atomic E-state index is 5.76. The molecular formula is C15H23N5. The highest BCUT2D eigenvalue weighted by molar-refractivity contribution is 5.42. The predicted molar refractivity (Wildman–Crippen MR) is 82.0 cm³/mol. The largest absolute Gasteiger partial charge is 0.400 e. The molecule has 0 saturated heterocycles. The number of fused-ring (bicyclic) bond motifs is 1. The number of nitrogens with two attached hydrogens (primary N) is 2. The quantitative estimate of drug-likeness (QED) is 0.774. The van der Waals surface area contributed by atoms with Gasteiger partial charge in [0.05, 0.1) is 12.2 Å². The molecule has 0 aromatic carbocycles. The summed E-state index contributed by atoms with van der Waals surface area (Å²) in [7, 11) is 0. The first kappa shape index (κ1) is 14.4. The van der Waals surface area contributed by atoms with E-state index in [0.29, 0.717) is 18.2 Å². The molecule has 0 saturated carbocycles. The van der Waals surface area contributed by atoms with E-state index in [1.54, 1.807) is 6.20 Å². The number of imidazole rings is 1. The molecule has 1 unspecified atom stereocenters. The number of rotatable bonds is 5. The minimum atomic E-state index is -0.142. The van der Waals surface area contributed by atoms with Crippen LogP contribution in [0.5, 0.6) is 0 Å². The van der Waals surface area contributed by atoms with Crippen molar-refractivity contribution < 1.29 is 0 Å². The van der Waals surface area contributed by atoms with Crippen molar-refractivity contribution in [3.05, 3.63) is 47.7 Å². The van der Waals surface area contributed by atoms with Crippen molar-refractivity contribution in [3.8, 4) is 0 Å². The van der Waals surface area contributed by atoms with E-state index in [4.69, 9.17) is 11.5 Å². The summed E-state index contributed by atoms with van der Waals surface area (Å²) in [5.74, 6) is 0.511. The number of aromatic nitrogens is 2. The molecule has 108 valence electrons. The van der Waals surface area contributed by atoms with Crippen LogP contribution in [0.4, 0.5) is 0 Å². The summed E-state index contributed by atoms with van der Waals surface area (Å²) in [5.41, 5.74) is 15.3. The molecule has 0 fully saturated rings. The van der Waals surface area contributed by atoms with Crippen LogP contribution in [0.15, 0.2) is 36.4 Å². The van der Waals surface area contributed by atoms with Crippen molar-refractivity contribution in [1.82, 2.24) is 14.7 Å². The van der Waals surface area contributed by atoms with Gasteiger partial charge in [-0.1, -0.05) is 19.9 Å². The lowest BCUT2D eigenvalue weighted by molar-refractivity contribution is 0.787. The van der Waals surface area contributed by atoms with Gasteiger partial charge >= 0.3 is 0 Å². The first-order valence-corrected chi connectivity index (χ1v) is 6.89. The highest BCUT2D eigenvalue weighted by atomic mass is 15.0. The van der Waals surface area contributed by atoms with Crippen LogP contribution >= 0.6 is 0 Å². The van der Waals surface area contributed by atoms with Crippen molar-refractivity contribution in [1.29, 1.82) is 0 Å². The zero-order chi connectivity index (χ0) is 14.7. The smallest absolute Gasteiger partial charge is 0.137 e. The molecule has 1 atom stereocenters. The molecule has 2 rings (SSSR count). The van der Waals surface area contributed by atoms with Crippen molar-refractivity contribution in [3.63, 3.8) is 0 Å². The van der Waals surface area contributed by atoms with Gasteiger partial charge < -0.3 is 21.2 Å². The molecule has 5 N–H and O–H groups in total. The fourth-order valence-corrected chi connectivity index (χ4v) is 1.89. The standard InChI is InChI=1S/C15H23N5/c1-10(2)12-4-5-15-19-13(9-20(15)8-12)6-18-7-14(17)11(3)16/h4-5,7-11,18H,6,16-17H2,1-3H3/b14-7-. The van der Waals surface area contributed by atoms with E-state index in [0.717, 1.165) is 11.3 Å². The van der Waals surface area contributed by atoms with Crippen LogP contribution in [0.2, 0.25) is 0 Å². The lowest BCUT2D eigenvalue weighted by Crippen LogP contribution is -2.25. The van der Waals surface area contributed by atoms with Crippen LogP contribution in [-0.2, 0) is 6.54 Å². The Morgan fingerprint density at radius 2 is 2.10 bits per heavy atom. The third kappa shape index (κ3) is 3.30. The lowest BCUT2D eigenvalue weighted by atomic mass is 10.1. The first-order valence-electron chi connectivity index (χ1n) is 6.89. The fraction of sp³-hybridized carbons (Fsp3) is 0.400. The maximum atomic E-state index is 5.76. The zero-order valence-electron chi connectivity index (χ0n) is 12.3. The Bertz CT molecular complexity index is 610. The molecule has 0 radical (unpaired) electrons. The van der Waals surface area contributed by atoms with E-state index in [-0.39, 0.29) is 6.04 Å². The van der Waals surface area contributed by atoms with Gasteiger partial charge in [-0.3, -0.25) is 0 Å². The zero-order valence-corrected chi connectivity index (χ0v) is 12.3. The molecule has 0 aliphatic rings. The number of nitrogens with one attached hydrogen (secondary N) is 1. The number of pyridine rings is 1. The molecule has 0 bridgehead atoms. The predicted octanol–water partition coefficient (Wildman–Crippen LogP) is 1.69. The van der Waals surface area contributed by atoms with Crippen molar-refractivity contribution in [2.45, 2.75) is 39.3 Å². The molecule has 0 aliphatic carbocycles. The molecule has 20 heavy (non-hydrogen) atoms. The number of hydrogen-bond donors (Lipinski definition) is 3. The third-order valence-electron chi connectivity index (χ3n) is 3.27. The minimum absolute atomic E-state index is 0.142. The van der Waals surface area contributed by atoms with Gasteiger partial charge in [0.1, 0.15) is 5.65 Å². The van der Waals surface area contributed by atoms with Crippen molar-refractivity contribution >= 4 is 5.65 Å². The molecule has 0 amide bonds. The summed E-state index contributed by atoms with van der Waals surface area (Å²) in [6.07, 6.45) is 5.90. The average Bonchev–Trinajstić information content (AvgIpc) is 2.79. The van der Waals surface area contributed by atoms with Gasteiger partial charge in [-0.2, -0.15) is 0 Å². The van der Waals surface area contributed by atoms with E-state index < -0.39 is 0 Å². The molecule has 2 heterocycles. The van der Waals surface area contributed by atoms with E-state index in [9.17, 15) is 0 Å². The topological polar surface area (TPSA) is 81.4 Å². The highest BCUT2D eigenvalue weighted by Gasteiger charge is 2.04. The van der Waals surface area contributed by atoms with E-state index in [1.807, 2.05) is 19.2 Å². The van der Waals surface area contributed by atoms with Crippen LogP contribution in [0, 0.1) is 0 Å².